The summed E-state index contributed by atoms with van der Waals surface area (Å²) in [6.45, 7) is 4.78. The Kier molecular flexibility index (Phi) is 12.0. The van der Waals surface area contributed by atoms with Crippen LogP contribution in [0.15, 0.2) is 47.5 Å². The van der Waals surface area contributed by atoms with Crippen LogP contribution in [-0.2, 0) is 6.54 Å². The second-order valence-corrected chi connectivity index (χ2v) is 6.65. The predicted octanol–water partition coefficient (Wildman–Crippen LogP) is 3.84. The standard InChI is InChI=1S/C22H32N4O3.HI/c1-6-23-22(25-18-11-12-20(27-4)21(15-18)28-5)24-16-17-9-7-8-10-19(17)29-14-13-26(2)3;/h7-12,15H,6,13-14,16H2,1-5H3,(H2,23,24,25);1H. The summed E-state index contributed by atoms with van der Waals surface area (Å²) in [5.74, 6) is 2.89. The van der Waals surface area contributed by atoms with Gasteiger partial charge in [0.05, 0.1) is 20.8 Å². The number of likely N-dealkylation sites (N-methyl/N-ethyl adjacent to an activating group) is 1. The molecule has 0 radical (unpaired) electrons. The van der Waals surface area contributed by atoms with Gasteiger partial charge in [0.1, 0.15) is 12.4 Å². The van der Waals surface area contributed by atoms with Gasteiger partial charge in [0.15, 0.2) is 17.5 Å². The molecule has 0 bridgehead atoms. The summed E-state index contributed by atoms with van der Waals surface area (Å²) < 4.78 is 16.6. The van der Waals surface area contributed by atoms with Crippen LogP contribution < -0.4 is 24.8 Å². The molecule has 0 heterocycles. The molecule has 8 heteroatoms. The van der Waals surface area contributed by atoms with E-state index < -0.39 is 0 Å². The molecule has 0 aromatic heterocycles. The van der Waals surface area contributed by atoms with Gasteiger partial charge in [-0.15, -0.1) is 24.0 Å². The molecule has 0 saturated heterocycles. The molecular weight excluding hydrogens is 495 g/mol. The van der Waals surface area contributed by atoms with Crippen LogP contribution in [0.4, 0.5) is 5.69 Å². The van der Waals surface area contributed by atoms with Crippen molar-refractivity contribution in [1.29, 1.82) is 0 Å². The van der Waals surface area contributed by atoms with Gasteiger partial charge in [-0.1, -0.05) is 18.2 Å². The van der Waals surface area contributed by atoms with Crippen molar-refractivity contribution in [2.75, 3.05) is 53.3 Å². The number of methoxy groups -OCH3 is 2. The van der Waals surface area contributed by atoms with Crippen molar-refractivity contribution in [3.05, 3.63) is 48.0 Å². The van der Waals surface area contributed by atoms with Gasteiger partial charge in [0.2, 0.25) is 0 Å². The fraction of sp³-hybridized carbons (Fsp3) is 0.409. The molecule has 0 aliphatic carbocycles. The summed E-state index contributed by atoms with van der Waals surface area (Å²) >= 11 is 0. The van der Waals surface area contributed by atoms with E-state index >= 15 is 0 Å². The number of halogens is 1. The molecule has 2 N–H and O–H groups in total. The van der Waals surface area contributed by atoms with Crippen molar-refractivity contribution in [3.8, 4) is 17.2 Å². The minimum atomic E-state index is 0. The van der Waals surface area contributed by atoms with Gasteiger partial charge < -0.3 is 29.7 Å². The van der Waals surface area contributed by atoms with E-state index in [0.717, 1.165) is 30.1 Å². The number of nitrogens with zero attached hydrogens (tertiary/aromatic N) is 2. The van der Waals surface area contributed by atoms with Crippen LogP contribution in [0.1, 0.15) is 12.5 Å². The highest BCUT2D eigenvalue weighted by molar-refractivity contribution is 14.0. The lowest BCUT2D eigenvalue weighted by molar-refractivity contribution is 0.259. The summed E-state index contributed by atoms with van der Waals surface area (Å²) in [6, 6.07) is 13.7. The number of nitrogens with one attached hydrogen (secondary N) is 2. The van der Waals surface area contributed by atoms with Gasteiger partial charge in [0, 0.05) is 30.4 Å². The largest absolute Gasteiger partial charge is 0.493 e. The first-order valence-corrected chi connectivity index (χ1v) is 9.70. The van der Waals surface area contributed by atoms with E-state index in [-0.39, 0.29) is 24.0 Å². The lowest BCUT2D eigenvalue weighted by atomic mass is 10.2. The van der Waals surface area contributed by atoms with Crippen LogP contribution in [0.2, 0.25) is 0 Å². The Balaban J connectivity index is 0.00000450. The summed E-state index contributed by atoms with van der Waals surface area (Å²) in [6.07, 6.45) is 0. The van der Waals surface area contributed by atoms with Gasteiger partial charge in [-0.25, -0.2) is 4.99 Å². The molecule has 7 nitrogen and oxygen atoms in total. The number of hydrogen-bond acceptors (Lipinski definition) is 5. The lowest BCUT2D eigenvalue weighted by Gasteiger charge is -2.15. The summed E-state index contributed by atoms with van der Waals surface area (Å²) in [7, 11) is 7.30. The van der Waals surface area contributed by atoms with Crippen molar-refractivity contribution >= 4 is 35.6 Å². The van der Waals surface area contributed by atoms with Gasteiger partial charge in [-0.2, -0.15) is 0 Å². The average molecular weight is 528 g/mol. The first-order valence-electron chi connectivity index (χ1n) is 9.70. The van der Waals surface area contributed by atoms with E-state index in [1.165, 1.54) is 0 Å². The third-order valence-electron chi connectivity index (χ3n) is 4.17. The Bertz CT molecular complexity index is 800. The molecule has 0 aliphatic rings. The van der Waals surface area contributed by atoms with Crippen LogP contribution in [-0.4, -0.2) is 58.9 Å². The van der Waals surface area contributed by atoms with Gasteiger partial charge >= 0.3 is 0 Å². The number of aliphatic imine (C=N–C) groups is 1. The Hall–Kier alpha value is -2.20. The van der Waals surface area contributed by atoms with E-state index in [1.807, 2.05) is 63.5 Å². The number of rotatable bonds is 10. The highest BCUT2D eigenvalue weighted by Gasteiger charge is 2.07. The van der Waals surface area contributed by atoms with Crippen molar-refractivity contribution < 1.29 is 14.2 Å². The normalized spacial score (nSPS) is 10.9. The molecular formula is C22H33IN4O3. The SMILES string of the molecule is CCNC(=NCc1ccccc1OCCN(C)C)Nc1ccc(OC)c(OC)c1.I. The molecule has 0 unspecified atom stereocenters. The zero-order valence-electron chi connectivity index (χ0n) is 18.4. The number of anilines is 1. The van der Waals surface area contributed by atoms with E-state index in [1.54, 1.807) is 14.2 Å². The minimum absolute atomic E-state index is 0. The van der Waals surface area contributed by atoms with E-state index in [4.69, 9.17) is 19.2 Å². The fourth-order valence-corrected chi connectivity index (χ4v) is 2.64. The minimum Gasteiger partial charge on any atom is -0.493 e. The Morgan fingerprint density at radius 2 is 1.73 bits per heavy atom. The molecule has 0 amide bonds. The Morgan fingerprint density at radius 1 is 1.00 bits per heavy atom. The van der Waals surface area contributed by atoms with Crippen molar-refractivity contribution in [1.82, 2.24) is 10.2 Å². The van der Waals surface area contributed by atoms with Crippen molar-refractivity contribution in [3.63, 3.8) is 0 Å². The molecule has 0 aliphatic heterocycles. The van der Waals surface area contributed by atoms with Crippen LogP contribution in [0, 0.1) is 0 Å². The maximum Gasteiger partial charge on any atom is 0.196 e. The number of benzene rings is 2. The van der Waals surface area contributed by atoms with Gasteiger partial charge in [-0.05, 0) is 39.2 Å². The van der Waals surface area contributed by atoms with Crippen LogP contribution in [0.3, 0.4) is 0 Å². The maximum absolute atomic E-state index is 5.93. The van der Waals surface area contributed by atoms with Crippen LogP contribution >= 0.6 is 24.0 Å². The second kappa shape index (κ2) is 13.9. The van der Waals surface area contributed by atoms with Crippen LogP contribution in [0.5, 0.6) is 17.2 Å². The first kappa shape index (κ1) is 25.8. The molecule has 166 valence electrons. The van der Waals surface area contributed by atoms with E-state index in [2.05, 4.69) is 15.5 Å². The average Bonchev–Trinajstić information content (AvgIpc) is 2.72. The van der Waals surface area contributed by atoms with E-state index in [9.17, 15) is 0 Å². The number of para-hydroxylation sites is 1. The quantitative estimate of drug-likeness (QED) is 0.278. The highest BCUT2D eigenvalue weighted by atomic mass is 127. The zero-order valence-corrected chi connectivity index (χ0v) is 20.7. The lowest BCUT2D eigenvalue weighted by Crippen LogP contribution is -2.30. The van der Waals surface area contributed by atoms with E-state index in [0.29, 0.717) is 30.6 Å². The predicted molar refractivity (Wildman–Crippen MR) is 134 cm³/mol. The monoisotopic (exact) mass is 528 g/mol. The molecule has 0 atom stereocenters. The second-order valence-electron chi connectivity index (χ2n) is 6.65. The molecule has 0 saturated carbocycles. The highest BCUT2D eigenvalue weighted by Crippen LogP contribution is 2.29. The van der Waals surface area contributed by atoms with Crippen molar-refractivity contribution in [2.24, 2.45) is 4.99 Å². The molecule has 0 spiro atoms. The first-order chi connectivity index (χ1) is 14.1. The summed E-state index contributed by atoms with van der Waals surface area (Å²) in [4.78, 5) is 6.81. The Labute approximate surface area is 196 Å². The molecule has 30 heavy (non-hydrogen) atoms. The summed E-state index contributed by atoms with van der Waals surface area (Å²) in [5, 5.41) is 6.57. The number of hydrogen-bond donors (Lipinski definition) is 2. The molecule has 2 aromatic carbocycles. The zero-order chi connectivity index (χ0) is 21.1. The van der Waals surface area contributed by atoms with Gasteiger partial charge in [-0.3, -0.25) is 0 Å². The fourth-order valence-electron chi connectivity index (χ4n) is 2.64. The third-order valence-corrected chi connectivity index (χ3v) is 4.17. The molecule has 2 rings (SSSR count). The number of ether oxygens (including phenoxy) is 3. The third kappa shape index (κ3) is 8.27. The maximum atomic E-state index is 5.93. The smallest absolute Gasteiger partial charge is 0.196 e. The number of guanidine groups is 1. The van der Waals surface area contributed by atoms with Crippen molar-refractivity contribution in [2.45, 2.75) is 13.5 Å². The van der Waals surface area contributed by atoms with Crippen LogP contribution in [0.25, 0.3) is 0 Å². The summed E-state index contributed by atoms with van der Waals surface area (Å²) in [5.41, 5.74) is 1.90. The molecule has 0 fully saturated rings. The molecule has 2 aromatic rings. The Morgan fingerprint density at radius 3 is 2.40 bits per heavy atom. The topological polar surface area (TPSA) is 67.4 Å². The van der Waals surface area contributed by atoms with Gasteiger partial charge in [0.25, 0.3) is 0 Å².